The van der Waals surface area contributed by atoms with E-state index in [9.17, 15) is 0 Å². The lowest BCUT2D eigenvalue weighted by atomic mass is 9.80. The lowest BCUT2D eigenvalue weighted by Crippen LogP contribution is -2.17. The van der Waals surface area contributed by atoms with Crippen LogP contribution < -0.4 is 13.9 Å². The molecule has 1 aliphatic heterocycles. The summed E-state index contributed by atoms with van der Waals surface area (Å²) in [6.07, 6.45) is 1.90. The first-order valence-electron chi connectivity index (χ1n) is 21.9. The van der Waals surface area contributed by atoms with Crippen molar-refractivity contribution in [2.24, 2.45) is 0 Å². The summed E-state index contributed by atoms with van der Waals surface area (Å²) < 4.78 is 38.6. The Morgan fingerprint density at radius 2 is 1.21 bits per heavy atom. The molecule has 58 heavy (non-hydrogen) atoms. The molecule has 0 N–H and O–H groups in total. The SMILES string of the molecule is [2H]C([2H])([2H])c1cccc2c1[N+](c1cc(C(C)(C)C)cc(C(C)(C)C)c1)=C=[N+]2c1cccc(Oc2ccc3c4cc(C(C)(C)C)ccc4n(-c4cc(C(C)(C)C)ccn4)c3c2)c1. The number of para-hydroxylation sites is 1. The van der Waals surface area contributed by atoms with Gasteiger partial charge in [0.25, 0.3) is 5.69 Å². The van der Waals surface area contributed by atoms with Gasteiger partial charge in [0, 0.05) is 57.0 Å². The summed E-state index contributed by atoms with van der Waals surface area (Å²) in [5.41, 5.74) is 9.84. The van der Waals surface area contributed by atoms with Crippen LogP contribution in [0.1, 0.15) is 115 Å². The number of fused-ring (bicyclic) bond motifs is 4. The maximum Gasteiger partial charge on any atom is 0.503 e. The summed E-state index contributed by atoms with van der Waals surface area (Å²) in [5.74, 6) is 2.19. The molecule has 5 nitrogen and oxygen atoms in total. The van der Waals surface area contributed by atoms with Crippen molar-refractivity contribution in [1.29, 1.82) is 0 Å². The van der Waals surface area contributed by atoms with E-state index in [1.807, 2.05) is 57.8 Å². The van der Waals surface area contributed by atoms with Crippen LogP contribution in [0.2, 0.25) is 0 Å². The Morgan fingerprint density at radius 1 is 0.552 bits per heavy atom. The molecule has 5 heteroatoms. The number of ether oxygens (including phenoxy) is 1. The number of rotatable bonds is 5. The van der Waals surface area contributed by atoms with Gasteiger partial charge in [-0.15, -0.1) is 0 Å². The first-order valence-corrected chi connectivity index (χ1v) is 20.4. The van der Waals surface area contributed by atoms with Gasteiger partial charge in [-0.2, -0.15) is 0 Å². The molecular weight excluding hydrogens is 709 g/mol. The molecule has 0 aliphatic carbocycles. The van der Waals surface area contributed by atoms with Gasteiger partial charge in [0.05, 0.1) is 17.1 Å². The largest absolute Gasteiger partial charge is 0.503 e. The average Bonchev–Trinajstić information content (AvgIpc) is 3.72. The minimum atomic E-state index is -2.35. The third-order valence-corrected chi connectivity index (χ3v) is 11.3. The molecule has 294 valence electrons. The fourth-order valence-corrected chi connectivity index (χ4v) is 7.75. The van der Waals surface area contributed by atoms with Crippen molar-refractivity contribution < 1.29 is 8.85 Å². The fourth-order valence-electron chi connectivity index (χ4n) is 7.75. The van der Waals surface area contributed by atoms with E-state index in [0.29, 0.717) is 17.2 Å². The monoisotopic (exact) mass is 769 g/mol. The van der Waals surface area contributed by atoms with E-state index in [4.69, 9.17) is 13.8 Å². The summed E-state index contributed by atoms with van der Waals surface area (Å²) in [5, 5.41) is 2.29. The zero-order valence-electron chi connectivity index (χ0n) is 39.2. The first kappa shape index (κ1) is 35.4. The third kappa shape index (κ3) is 7.18. The van der Waals surface area contributed by atoms with E-state index in [2.05, 4.69) is 154 Å². The molecule has 3 heterocycles. The van der Waals surface area contributed by atoms with E-state index in [0.717, 1.165) is 39.3 Å². The summed E-state index contributed by atoms with van der Waals surface area (Å²) >= 11 is 0. The number of nitrogens with zero attached hydrogens (tertiary/aromatic N) is 4. The van der Waals surface area contributed by atoms with Crippen LogP contribution in [0, 0.1) is 6.85 Å². The van der Waals surface area contributed by atoms with Gasteiger partial charge in [-0.1, -0.05) is 113 Å². The van der Waals surface area contributed by atoms with E-state index < -0.39 is 6.85 Å². The number of hydrogen-bond donors (Lipinski definition) is 0. The van der Waals surface area contributed by atoms with Crippen LogP contribution in [0.4, 0.5) is 22.7 Å². The lowest BCUT2D eigenvalue weighted by molar-refractivity contribution is 0.483. The molecule has 8 rings (SSSR count). The van der Waals surface area contributed by atoms with E-state index in [-0.39, 0.29) is 27.2 Å². The van der Waals surface area contributed by atoms with Gasteiger partial charge in [-0.3, -0.25) is 4.57 Å². The van der Waals surface area contributed by atoms with Crippen LogP contribution in [0.5, 0.6) is 11.5 Å². The van der Waals surface area contributed by atoms with Crippen LogP contribution in [-0.2, 0) is 21.7 Å². The molecular formula is C53H58N4O+2. The highest BCUT2D eigenvalue weighted by Gasteiger charge is 2.39. The number of pyridine rings is 1. The molecule has 0 bridgehead atoms. The van der Waals surface area contributed by atoms with Crippen molar-refractivity contribution in [2.45, 2.75) is 112 Å². The second-order valence-corrected chi connectivity index (χ2v) is 20.0. The predicted molar refractivity (Wildman–Crippen MR) is 245 cm³/mol. The Hall–Kier alpha value is -5.77. The Labute approximate surface area is 349 Å². The van der Waals surface area contributed by atoms with E-state index in [1.54, 1.807) is 6.07 Å². The number of benzene rings is 5. The smallest absolute Gasteiger partial charge is 0.457 e. The normalized spacial score (nSPS) is 14.5. The second kappa shape index (κ2) is 13.7. The van der Waals surface area contributed by atoms with Crippen molar-refractivity contribution in [1.82, 2.24) is 18.7 Å². The molecule has 0 saturated carbocycles. The summed E-state index contributed by atoms with van der Waals surface area (Å²) in [6, 6.07) is 40.9. The average molecular weight is 770 g/mol. The highest BCUT2D eigenvalue weighted by atomic mass is 16.5. The van der Waals surface area contributed by atoms with Gasteiger partial charge in [-0.25, -0.2) is 4.98 Å². The van der Waals surface area contributed by atoms with Gasteiger partial charge < -0.3 is 4.74 Å². The van der Waals surface area contributed by atoms with Crippen LogP contribution in [-0.4, -0.2) is 15.6 Å². The Balaban J connectivity index is 1.27. The molecule has 7 aromatic rings. The van der Waals surface area contributed by atoms with Gasteiger partial charge >= 0.3 is 11.7 Å². The fraction of sp³-hybridized carbons (Fsp3) is 0.321. The maximum absolute atomic E-state index is 8.58. The number of aromatic nitrogens is 2. The van der Waals surface area contributed by atoms with Gasteiger partial charge in [0.15, 0.2) is 0 Å². The van der Waals surface area contributed by atoms with Crippen LogP contribution >= 0.6 is 0 Å². The molecule has 0 fully saturated rings. The minimum Gasteiger partial charge on any atom is -0.457 e. The van der Waals surface area contributed by atoms with Crippen molar-refractivity contribution >= 4 is 50.6 Å². The van der Waals surface area contributed by atoms with E-state index in [1.165, 1.54) is 27.6 Å². The van der Waals surface area contributed by atoms with Gasteiger partial charge in [0.2, 0.25) is 11.4 Å². The number of hydrogen-bond acceptors (Lipinski definition) is 2. The summed E-state index contributed by atoms with van der Waals surface area (Å²) in [7, 11) is 0. The summed E-state index contributed by atoms with van der Waals surface area (Å²) in [4.78, 5) is 4.91. The standard InChI is InChI=1S/C53H58N4O/c1-34-16-14-19-46-49(34)56(40-27-37(52(8,9)10)26-38(28-40)53(11,12)13)33-55(46)39-17-15-18-41(31-39)58-42-21-22-43-44-29-35(50(2,3)4)20-23-45(44)57(47(43)32-42)48-30-36(24-25-54-48)51(5,6)7/h14-32H,1-13H3/q+2/i1D3. The molecule has 2 aromatic heterocycles. The topological polar surface area (TPSA) is 33.1 Å². The number of aryl methyl sites for hydroxylation is 1. The van der Waals surface area contributed by atoms with Crippen LogP contribution in [0.25, 0.3) is 27.6 Å². The van der Waals surface area contributed by atoms with Gasteiger partial charge in [0.1, 0.15) is 17.3 Å². The van der Waals surface area contributed by atoms with Gasteiger partial charge in [-0.05, 0) is 102 Å². The highest BCUT2D eigenvalue weighted by Crippen LogP contribution is 2.42. The maximum atomic E-state index is 8.58. The lowest BCUT2D eigenvalue weighted by Gasteiger charge is -2.24. The first-order chi connectivity index (χ1) is 28.4. The summed E-state index contributed by atoms with van der Waals surface area (Å²) in [6.45, 7) is 24.3. The van der Waals surface area contributed by atoms with E-state index >= 15 is 0 Å². The van der Waals surface area contributed by atoms with Crippen molar-refractivity contribution in [3.8, 4) is 17.3 Å². The van der Waals surface area contributed by atoms with Crippen molar-refractivity contribution in [3.05, 3.63) is 143 Å². The predicted octanol–water partition coefficient (Wildman–Crippen LogP) is 14.3. The molecule has 0 radical (unpaired) electrons. The Kier molecular flexibility index (Phi) is 8.34. The zero-order valence-corrected chi connectivity index (χ0v) is 36.2. The highest BCUT2D eigenvalue weighted by molar-refractivity contribution is 6.09. The van der Waals surface area contributed by atoms with Crippen molar-refractivity contribution in [2.75, 3.05) is 0 Å². The molecule has 0 amide bonds. The quantitative estimate of drug-likeness (QED) is 0.163. The zero-order chi connectivity index (χ0) is 44.0. The van der Waals surface area contributed by atoms with Crippen LogP contribution in [0.3, 0.4) is 0 Å². The Bertz CT molecular complexity index is 2920. The second-order valence-electron chi connectivity index (χ2n) is 20.0. The van der Waals surface area contributed by atoms with Crippen LogP contribution in [0.15, 0.2) is 115 Å². The molecule has 0 saturated heterocycles. The molecule has 0 unspecified atom stereocenters. The molecule has 0 spiro atoms. The minimum absolute atomic E-state index is 0.0109. The van der Waals surface area contributed by atoms with Crippen molar-refractivity contribution in [3.63, 3.8) is 0 Å². The molecule has 5 aromatic carbocycles. The third-order valence-electron chi connectivity index (χ3n) is 11.3. The Morgan fingerprint density at radius 3 is 1.88 bits per heavy atom. The molecule has 1 aliphatic rings. The molecule has 0 atom stereocenters.